The molecule has 7 N–H and O–H groups in total. The molecule has 4 rings (SSSR count). The number of anilines is 3. The Kier molecular flexibility index (Phi) is 7.85. The first-order chi connectivity index (χ1) is 19.0. The summed E-state index contributed by atoms with van der Waals surface area (Å²) in [6.07, 6.45) is 8.26. The molecule has 1 aliphatic carbocycles. The van der Waals surface area contributed by atoms with Gasteiger partial charge in [-0.2, -0.15) is 0 Å². The Labute approximate surface area is 241 Å². The Balaban J connectivity index is 1.66. The Hall–Kier alpha value is -4.03. The number of methoxy groups -OCH3 is 1. The fraction of sp³-hybridized carbons (Fsp3) is 0.379. The molecule has 11 nitrogen and oxygen atoms in total. The summed E-state index contributed by atoms with van der Waals surface area (Å²) < 4.78 is 34.2. The van der Waals surface area contributed by atoms with Crippen LogP contribution in [-0.2, 0) is 21.0 Å². The van der Waals surface area contributed by atoms with Crippen molar-refractivity contribution in [3.8, 4) is 5.75 Å². The van der Waals surface area contributed by atoms with Crippen molar-refractivity contribution >= 4 is 38.7 Å². The van der Waals surface area contributed by atoms with Crippen molar-refractivity contribution in [2.45, 2.75) is 58.4 Å². The molecule has 0 spiro atoms. The van der Waals surface area contributed by atoms with E-state index >= 15 is 0 Å². The van der Waals surface area contributed by atoms with Crippen molar-refractivity contribution in [2.24, 2.45) is 11.6 Å². The average molecular weight is 583 g/mol. The predicted molar refractivity (Wildman–Crippen MR) is 162 cm³/mol. The molecule has 0 radical (unpaired) electrons. The maximum Gasteiger partial charge on any atom is 0.255 e. The second kappa shape index (κ2) is 10.7. The molecule has 41 heavy (non-hydrogen) atoms. The van der Waals surface area contributed by atoms with Crippen molar-refractivity contribution in [3.63, 3.8) is 0 Å². The highest BCUT2D eigenvalue weighted by atomic mass is 32.2. The molecule has 220 valence electrons. The van der Waals surface area contributed by atoms with Gasteiger partial charge in [0.25, 0.3) is 5.91 Å². The number of ether oxygens (including phenoxy) is 1. The summed E-state index contributed by atoms with van der Waals surface area (Å²) in [6, 6.07) is 8.78. The van der Waals surface area contributed by atoms with E-state index in [1.807, 2.05) is 23.9 Å². The zero-order valence-electron chi connectivity index (χ0n) is 24.6. The Morgan fingerprint density at radius 1 is 1.20 bits per heavy atom. The lowest BCUT2D eigenvalue weighted by atomic mass is 9.96. The lowest BCUT2D eigenvalue weighted by molar-refractivity contribution is -0.754. The fourth-order valence-corrected chi connectivity index (χ4v) is 5.21. The summed E-state index contributed by atoms with van der Waals surface area (Å²) in [4.78, 5) is 16.6. The number of nitrogens with zero attached hydrogens (tertiary/aromatic N) is 2. The number of hydrogen-bond acceptors (Lipinski definition) is 7. The lowest BCUT2D eigenvalue weighted by Crippen LogP contribution is -2.51. The topological polar surface area (TPSA) is 159 Å². The van der Waals surface area contributed by atoms with E-state index in [9.17, 15) is 13.2 Å². The number of amides is 1. The number of rotatable bonds is 9. The third kappa shape index (κ3) is 6.66. The molecule has 3 aromatic rings. The minimum absolute atomic E-state index is 0.0896. The number of aromatic amines is 1. The first-order valence-electron chi connectivity index (χ1n) is 13.3. The van der Waals surface area contributed by atoms with Crippen molar-refractivity contribution in [2.75, 3.05) is 28.4 Å². The third-order valence-corrected chi connectivity index (χ3v) is 7.85. The van der Waals surface area contributed by atoms with Crippen LogP contribution in [0.5, 0.6) is 5.75 Å². The molecule has 1 aliphatic rings. The van der Waals surface area contributed by atoms with Gasteiger partial charge in [-0.3, -0.25) is 14.5 Å². The number of hydrazine groups is 1. The molecule has 1 amide bonds. The number of aryl methyl sites for hydroxylation is 1. The van der Waals surface area contributed by atoms with Crippen molar-refractivity contribution in [1.82, 2.24) is 4.98 Å². The van der Waals surface area contributed by atoms with Crippen LogP contribution in [0.25, 0.3) is 5.70 Å². The average Bonchev–Trinajstić information content (AvgIpc) is 3.40. The first-order valence-corrected chi connectivity index (χ1v) is 15.1. The SMILES string of the molecule is COc1c(NC(=O)c2ccc(C)c(N(N)/C=C(\N)c3c[nH]c[n+]3C(C)(C)C)c2)cc(C2(C)CC2)cc1NS(C)(=O)=O. The van der Waals surface area contributed by atoms with Crippen LogP contribution in [0.15, 0.2) is 49.1 Å². The predicted octanol–water partition coefficient (Wildman–Crippen LogP) is 3.69. The van der Waals surface area contributed by atoms with E-state index in [2.05, 4.69) is 42.7 Å². The van der Waals surface area contributed by atoms with Crippen molar-refractivity contribution in [1.29, 1.82) is 0 Å². The standard InChI is InChI=1S/C29H39N7O4S/c1-18-8-9-19(12-24(18)36(31)16-21(30)25-15-32-17-35(25)28(2,3)4)27(37)33-22-13-20(29(5)10-11-29)14-23(26(22)40-6)34-41(7,38)39/h8-9,12-17,34H,10-11,30-31H2,1-7H3,(H,33,37)/p+1/b21-16-. The summed E-state index contributed by atoms with van der Waals surface area (Å²) in [7, 11) is -2.16. The number of carbonyl (C=O) groups excluding carboxylic acids is 1. The molecule has 1 aromatic heterocycles. The highest BCUT2D eigenvalue weighted by Crippen LogP contribution is 2.50. The number of benzene rings is 2. The molecule has 0 unspecified atom stereocenters. The molecule has 0 aliphatic heterocycles. The van der Waals surface area contributed by atoms with Crippen LogP contribution in [0.1, 0.15) is 67.7 Å². The quantitative estimate of drug-likeness (QED) is 0.146. The number of hydrogen-bond donors (Lipinski definition) is 5. The minimum Gasteiger partial charge on any atom is -0.492 e. The van der Waals surface area contributed by atoms with Gasteiger partial charge in [0, 0.05) is 11.8 Å². The van der Waals surface area contributed by atoms with Gasteiger partial charge in [0.15, 0.2) is 11.4 Å². The number of aromatic nitrogens is 2. The number of H-pyrrole nitrogens is 1. The highest BCUT2D eigenvalue weighted by Gasteiger charge is 2.40. The van der Waals surface area contributed by atoms with Crippen LogP contribution >= 0.6 is 0 Å². The van der Waals surface area contributed by atoms with Crippen LogP contribution in [0.3, 0.4) is 0 Å². The van der Waals surface area contributed by atoms with E-state index in [0.717, 1.165) is 35.9 Å². The lowest BCUT2D eigenvalue weighted by Gasteiger charge is -2.21. The molecule has 2 aromatic carbocycles. The molecule has 1 fully saturated rings. The van der Waals surface area contributed by atoms with Gasteiger partial charge in [-0.1, -0.05) is 13.0 Å². The van der Waals surface area contributed by atoms with E-state index in [1.165, 1.54) is 12.1 Å². The zero-order valence-corrected chi connectivity index (χ0v) is 25.4. The van der Waals surface area contributed by atoms with Crippen LogP contribution in [0.4, 0.5) is 17.1 Å². The Morgan fingerprint density at radius 3 is 2.44 bits per heavy atom. The first kappa shape index (κ1) is 29.9. The Morgan fingerprint density at radius 2 is 1.85 bits per heavy atom. The smallest absolute Gasteiger partial charge is 0.255 e. The summed E-state index contributed by atoms with van der Waals surface area (Å²) in [5.41, 5.74) is 10.7. The maximum atomic E-state index is 13.5. The molecule has 0 atom stereocenters. The monoisotopic (exact) mass is 582 g/mol. The summed E-state index contributed by atoms with van der Waals surface area (Å²) in [5, 5.41) is 4.30. The largest absolute Gasteiger partial charge is 0.492 e. The number of sulfonamides is 1. The van der Waals surface area contributed by atoms with Crippen LogP contribution in [0.2, 0.25) is 0 Å². The summed E-state index contributed by atoms with van der Waals surface area (Å²) in [6.45, 7) is 10.2. The normalized spacial score (nSPS) is 14.9. The van der Waals surface area contributed by atoms with E-state index in [0.29, 0.717) is 22.6 Å². The van der Waals surface area contributed by atoms with Crippen LogP contribution in [-0.4, -0.2) is 32.7 Å². The maximum absolute atomic E-state index is 13.5. The van der Waals surface area contributed by atoms with E-state index in [4.69, 9.17) is 16.3 Å². The van der Waals surface area contributed by atoms with Gasteiger partial charge in [0.2, 0.25) is 16.4 Å². The van der Waals surface area contributed by atoms with Gasteiger partial charge in [0.05, 0.1) is 30.4 Å². The molecular formula is C29H40N7O4S+. The van der Waals surface area contributed by atoms with Crippen LogP contribution < -0.4 is 35.9 Å². The number of carbonyl (C=O) groups is 1. The summed E-state index contributed by atoms with van der Waals surface area (Å²) >= 11 is 0. The van der Waals surface area contributed by atoms with Gasteiger partial charge in [0.1, 0.15) is 17.4 Å². The van der Waals surface area contributed by atoms with E-state index in [1.54, 1.807) is 36.7 Å². The molecular weight excluding hydrogens is 542 g/mol. The molecule has 1 heterocycles. The zero-order chi connectivity index (χ0) is 30.3. The second-order valence-electron chi connectivity index (χ2n) is 11.9. The number of imidazole rings is 1. The summed E-state index contributed by atoms with van der Waals surface area (Å²) in [5.74, 6) is 6.24. The van der Waals surface area contributed by atoms with Crippen molar-refractivity contribution < 1.29 is 22.5 Å². The Bertz CT molecular complexity index is 1620. The van der Waals surface area contributed by atoms with E-state index in [-0.39, 0.29) is 22.4 Å². The highest BCUT2D eigenvalue weighted by molar-refractivity contribution is 7.92. The minimum atomic E-state index is -3.59. The van der Waals surface area contributed by atoms with Gasteiger partial charge in [-0.05, 0) is 81.3 Å². The molecule has 0 saturated heterocycles. The van der Waals surface area contributed by atoms with Gasteiger partial charge in [-0.15, -0.1) is 0 Å². The fourth-order valence-electron chi connectivity index (χ4n) is 4.66. The number of nitrogens with one attached hydrogen (secondary N) is 3. The molecule has 12 heteroatoms. The second-order valence-corrected chi connectivity index (χ2v) is 13.6. The van der Waals surface area contributed by atoms with Gasteiger partial charge in [-0.25, -0.2) is 23.8 Å². The van der Waals surface area contributed by atoms with E-state index < -0.39 is 15.9 Å². The van der Waals surface area contributed by atoms with Crippen LogP contribution in [0, 0.1) is 6.92 Å². The number of nitrogens with two attached hydrogens (primary N) is 2. The van der Waals surface area contributed by atoms with Gasteiger partial charge >= 0.3 is 0 Å². The van der Waals surface area contributed by atoms with Crippen molar-refractivity contribution in [3.05, 3.63) is 71.4 Å². The third-order valence-electron chi connectivity index (χ3n) is 7.26. The van der Waals surface area contributed by atoms with Gasteiger partial charge < -0.3 is 15.8 Å². The molecule has 1 saturated carbocycles. The molecule has 0 bridgehead atoms.